The molecule has 0 aliphatic rings. The molecule has 6 nitrogen and oxygen atoms in total. The second kappa shape index (κ2) is 8.31. The number of aromatic nitrogens is 5. The van der Waals surface area contributed by atoms with Crippen LogP contribution in [0.4, 0.5) is 0 Å². The molecule has 3 aromatic heterocycles. The van der Waals surface area contributed by atoms with Gasteiger partial charge in [0.1, 0.15) is 5.76 Å². The molecule has 126 valence electrons. The lowest BCUT2D eigenvalue weighted by molar-refractivity contribution is 0.393. The molecule has 3 rings (SSSR count). The van der Waals surface area contributed by atoms with Crippen molar-refractivity contribution in [1.82, 2.24) is 24.7 Å². The molecule has 23 heavy (non-hydrogen) atoms. The van der Waals surface area contributed by atoms with Gasteiger partial charge in [-0.25, -0.2) is 0 Å². The standard InChI is InChI=1S/2C6H10N2.C5H7NO/c2*1-5-4-6(2)8(3)7-5;1-4-3-5(2)7-6-4/h2*4H,1-3H3;3H,1-2H3. The van der Waals surface area contributed by atoms with E-state index in [2.05, 4.69) is 27.5 Å². The first-order valence-electron chi connectivity index (χ1n) is 7.53. The Labute approximate surface area is 138 Å². The van der Waals surface area contributed by atoms with Crippen LogP contribution in [-0.4, -0.2) is 24.7 Å². The normalized spacial score (nSPS) is 9.74. The summed E-state index contributed by atoms with van der Waals surface area (Å²) in [6, 6.07) is 6.00. The minimum Gasteiger partial charge on any atom is -0.361 e. The monoisotopic (exact) mass is 317 g/mol. The summed E-state index contributed by atoms with van der Waals surface area (Å²) in [5.74, 6) is 0.873. The van der Waals surface area contributed by atoms with E-state index in [-0.39, 0.29) is 0 Å². The Morgan fingerprint density at radius 1 is 0.696 bits per heavy atom. The average Bonchev–Trinajstić information content (AvgIpc) is 3.04. The van der Waals surface area contributed by atoms with Gasteiger partial charge in [-0.05, 0) is 53.7 Å². The Morgan fingerprint density at radius 3 is 1.22 bits per heavy atom. The van der Waals surface area contributed by atoms with E-state index in [1.54, 1.807) is 0 Å². The Hall–Kier alpha value is -2.37. The lowest BCUT2D eigenvalue weighted by atomic mass is 10.4. The Morgan fingerprint density at radius 2 is 1.13 bits per heavy atom. The zero-order chi connectivity index (χ0) is 17.6. The molecule has 0 fully saturated rings. The highest BCUT2D eigenvalue weighted by molar-refractivity contribution is 5.06. The summed E-state index contributed by atoms with van der Waals surface area (Å²) in [5.41, 5.74) is 5.54. The molecule has 3 aromatic rings. The van der Waals surface area contributed by atoms with E-state index in [1.807, 2.05) is 71.1 Å². The minimum absolute atomic E-state index is 0.873. The molecule has 0 unspecified atom stereocenters. The molecule has 0 saturated carbocycles. The first kappa shape index (κ1) is 18.7. The Bertz CT molecular complexity index is 636. The van der Waals surface area contributed by atoms with Crippen LogP contribution >= 0.6 is 0 Å². The third-order valence-corrected chi connectivity index (χ3v) is 3.22. The maximum atomic E-state index is 4.71. The largest absolute Gasteiger partial charge is 0.361 e. The molecule has 0 aliphatic carbocycles. The molecule has 0 aliphatic heterocycles. The van der Waals surface area contributed by atoms with Crippen LogP contribution in [0.3, 0.4) is 0 Å². The third kappa shape index (κ3) is 6.50. The number of nitrogens with zero attached hydrogens (tertiary/aromatic N) is 5. The summed E-state index contributed by atoms with van der Waals surface area (Å²) in [7, 11) is 3.89. The van der Waals surface area contributed by atoms with Gasteiger partial charge in [-0.2, -0.15) is 10.2 Å². The Kier molecular flexibility index (Phi) is 6.75. The van der Waals surface area contributed by atoms with Crippen LogP contribution in [0.2, 0.25) is 0 Å². The fourth-order valence-electron chi connectivity index (χ4n) is 1.97. The molecular formula is C17H27N5O. The first-order valence-corrected chi connectivity index (χ1v) is 7.53. The third-order valence-electron chi connectivity index (χ3n) is 3.22. The van der Waals surface area contributed by atoms with Gasteiger partial charge in [0.25, 0.3) is 0 Å². The molecule has 0 saturated heterocycles. The van der Waals surface area contributed by atoms with E-state index in [4.69, 9.17) is 4.52 Å². The van der Waals surface area contributed by atoms with Gasteiger partial charge in [0, 0.05) is 31.5 Å². The van der Waals surface area contributed by atoms with Crippen molar-refractivity contribution >= 4 is 0 Å². The van der Waals surface area contributed by atoms with Gasteiger partial charge >= 0.3 is 0 Å². The second-order valence-corrected chi connectivity index (χ2v) is 5.68. The SMILES string of the molecule is Cc1cc(C)n(C)n1.Cc1cc(C)n(C)n1.Cc1cc(C)on1. The van der Waals surface area contributed by atoms with Gasteiger partial charge in [0.15, 0.2) is 0 Å². The molecule has 0 amide bonds. The van der Waals surface area contributed by atoms with Crippen LogP contribution in [0.5, 0.6) is 0 Å². The van der Waals surface area contributed by atoms with Crippen molar-refractivity contribution < 1.29 is 4.52 Å². The summed E-state index contributed by atoms with van der Waals surface area (Å²) in [4.78, 5) is 0. The van der Waals surface area contributed by atoms with Crippen molar-refractivity contribution in [2.45, 2.75) is 41.5 Å². The summed E-state index contributed by atoms with van der Waals surface area (Å²) in [5, 5.41) is 11.9. The Balaban J connectivity index is 0.000000173. The fourth-order valence-corrected chi connectivity index (χ4v) is 1.97. The van der Waals surface area contributed by atoms with Crippen molar-refractivity contribution in [1.29, 1.82) is 0 Å². The van der Waals surface area contributed by atoms with E-state index in [1.165, 1.54) is 11.4 Å². The van der Waals surface area contributed by atoms with Crippen molar-refractivity contribution in [2.24, 2.45) is 14.1 Å². The molecule has 3 heterocycles. The molecular weight excluding hydrogens is 290 g/mol. The zero-order valence-corrected chi connectivity index (χ0v) is 15.4. The van der Waals surface area contributed by atoms with Gasteiger partial charge in [-0.3, -0.25) is 9.36 Å². The lowest BCUT2D eigenvalue weighted by Crippen LogP contribution is -1.91. The summed E-state index contributed by atoms with van der Waals surface area (Å²) in [6.07, 6.45) is 0. The van der Waals surface area contributed by atoms with E-state index in [0.29, 0.717) is 0 Å². The number of hydrogen-bond acceptors (Lipinski definition) is 4. The van der Waals surface area contributed by atoms with Crippen LogP contribution in [-0.2, 0) is 14.1 Å². The summed E-state index contributed by atoms with van der Waals surface area (Å²) < 4.78 is 8.45. The molecule has 0 aromatic carbocycles. The second-order valence-electron chi connectivity index (χ2n) is 5.68. The molecule has 6 heteroatoms. The van der Waals surface area contributed by atoms with E-state index in [9.17, 15) is 0 Å². The molecule has 0 radical (unpaired) electrons. The van der Waals surface area contributed by atoms with Gasteiger partial charge in [0.2, 0.25) is 0 Å². The zero-order valence-electron chi connectivity index (χ0n) is 15.4. The van der Waals surface area contributed by atoms with Gasteiger partial charge in [0.05, 0.1) is 17.1 Å². The van der Waals surface area contributed by atoms with Crippen molar-refractivity contribution in [3.8, 4) is 0 Å². The molecule has 0 N–H and O–H groups in total. The van der Waals surface area contributed by atoms with Crippen LogP contribution in [0.1, 0.15) is 34.2 Å². The highest BCUT2D eigenvalue weighted by atomic mass is 16.5. The first-order chi connectivity index (χ1) is 10.7. The van der Waals surface area contributed by atoms with E-state index < -0.39 is 0 Å². The fraction of sp³-hybridized carbons (Fsp3) is 0.471. The van der Waals surface area contributed by atoms with E-state index >= 15 is 0 Å². The lowest BCUT2D eigenvalue weighted by Gasteiger charge is -1.87. The number of aryl methyl sites for hydroxylation is 8. The quantitative estimate of drug-likeness (QED) is 0.638. The summed E-state index contributed by atoms with van der Waals surface area (Å²) in [6.45, 7) is 11.8. The van der Waals surface area contributed by atoms with Crippen molar-refractivity contribution in [2.75, 3.05) is 0 Å². The highest BCUT2D eigenvalue weighted by Gasteiger charge is 1.92. The van der Waals surface area contributed by atoms with Crippen molar-refractivity contribution in [3.05, 3.63) is 52.4 Å². The smallest absolute Gasteiger partial charge is 0.133 e. The maximum Gasteiger partial charge on any atom is 0.133 e. The van der Waals surface area contributed by atoms with Gasteiger partial charge in [-0.1, -0.05) is 5.16 Å². The topological polar surface area (TPSA) is 61.7 Å². The molecule has 0 atom stereocenters. The predicted octanol–water partition coefficient (Wildman–Crippen LogP) is 3.37. The van der Waals surface area contributed by atoms with Gasteiger partial charge in [-0.15, -0.1) is 0 Å². The number of rotatable bonds is 0. The van der Waals surface area contributed by atoms with Crippen molar-refractivity contribution in [3.63, 3.8) is 0 Å². The highest BCUT2D eigenvalue weighted by Crippen LogP contribution is 1.98. The van der Waals surface area contributed by atoms with Crippen LogP contribution < -0.4 is 0 Å². The average molecular weight is 317 g/mol. The predicted molar refractivity (Wildman–Crippen MR) is 91.3 cm³/mol. The minimum atomic E-state index is 0.873. The molecule has 0 spiro atoms. The van der Waals surface area contributed by atoms with Crippen LogP contribution in [0.15, 0.2) is 22.7 Å². The summed E-state index contributed by atoms with van der Waals surface area (Å²) >= 11 is 0. The number of hydrogen-bond donors (Lipinski definition) is 0. The van der Waals surface area contributed by atoms with E-state index in [0.717, 1.165) is 22.8 Å². The van der Waals surface area contributed by atoms with Crippen LogP contribution in [0, 0.1) is 41.5 Å². The van der Waals surface area contributed by atoms with Crippen LogP contribution in [0.25, 0.3) is 0 Å². The molecule has 0 bridgehead atoms. The maximum absolute atomic E-state index is 4.71. The van der Waals surface area contributed by atoms with Gasteiger partial charge < -0.3 is 4.52 Å².